The number of carbonyl (C=O) groups is 1. The number of rotatable bonds is 4. The highest BCUT2D eigenvalue weighted by molar-refractivity contribution is 6.30. The van der Waals surface area contributed by atoms with E-state index in [2.05, 4.69) is 15.2 Å². The predicted molar refractivity (Wildman–Crippen MR) is 123 cm³/mol. The van der Waals surface area contributed by atoms with Crippen molar-refractivity contribution in [1.29, 1.82) is 0 Å². The van der Waals surface area contributed by atoms with Crippen LogP contribution in [0, 0.1) is 29.5 Å². The van der Waals surface area contributed by atoms with Gasteiger partial charge in [0.2, 0.25) is 5.91 Å². The van der Waals surface area contributed by atoms with E-state index < -0.39 is 0 Å². The first-order chi connectivity index (χ1) is 15.0. The van der Waals surface area contributed by atoms with E-state index in [1.54, 1.807) is 30.5 Å². The van der Waals surface area contributed by atoms with Crippen molar-refractivity contribution >= 4 is 39.8 Å². The van der Waals surface area contributed by atoms with Crippen LogP contribution < -0.4 is 10.2 Å². The minimum atomic E-state index is -0.235. The van der Waals surface area contributed by atoms with Gasteiger partial charge in [-0.1, -0.05) is 18.5 Å². The summed E-state index contributed by atoms with van der Waals surface area (Å²) in [5, 5.41) is 4.55. The molecule has 2 unspecified atom stereocenters. The Balaban J connectivity index is 1.24. The molecule has 4 nitrogen and oxygen atoms in total. The van der Waals surface area contributed by atoms with E-state index in [9.17, 15) is 9.18 Å². The second-order valence-electron chi connectivity index (χ2n) is 8.93. The summed E-state index contributed by atoms with van der Waals surface area (Å²) in [5.41, 5.74) is 2.66. The lowest BCUT2D eigenvalue weighted by Crippen LogP contribution is -2.28. The van der Waals surface area contributed by atoms with Crippen LogP contribution in [0.2, 0.25) is 5.02 Å². The van der Waals surface area contributed by atoms with E-state index in [1.807, 2.05) is 25.1 Å². The standard InChI is InChI=1S/C25H25ClFN3O/c1-15(25(31)29-21-5-2-19(26)3-6-21)16-10-17-13-30(14-18(17)11-16)24-8-9-28-23-7-4-20(27)12-22(23)24/h2-9,12,15-18H,10-11,13-14H2,1H3,(H,29,31)/t15?,16-,17-,18?/m1/s1. The number of halogens is 2. The number of pyridine rings is 1. The van der Waals surface area contributed by atoms with Gasteiger partial charge in [-0.25, -0.2) is 4.39 Å². The third-order valence-electron chi connectivity index (χ3n) is 7.04. The molecule has 0 radical (unpaired) electrons. The van der Waals surface area contributed by atoms with Gasteiger partial charge in [-0.05, 0) is 79.1 Å². The molecule has 1 amide bonds. The topological polar surface area (TPSA) is 45.2 Å². The van der Waals surface area contributed by atoms with Crippen molar-refractivity contribution in [2.45, 2.75) is 19.8 Å². The molecule has 3 aromatic rings. The third kappa shape index (κ3) is 3.99. The number of hydrogen-bond acceptors (Lipinski definition) is 3. The van der Waals surface area contributed by atoms with Gasteiger partial charge in [0, 0.05) is 47.0 Å². The van der Waals surface area contributed by atoms with Crippen LogP contribution in [0.3, 0.4) is 0 Å². The highest BCUT2D eigenvalue weighted by Crippen LogP contribution is 2.46. The smallest absolute Gasteiger partial charge is 0.227 e. The van der Waals surface area contributed by atoms with Crippen molar-refractivity contribution in [3.05, 3.63) is 65.6 Å². The van der Waals surface area contributed by atoms with Crippen molar-refractivity contribution in [2.75, 3.05) is 23.3 Å². The fourth-order valence-corrected chi connectivity index (χ4v) is 5.46. The minimum absolute atomic E-state index is 0.0365. The largest absolute Gasteiger partial charge is 0.370 e. The number of carbonyl (C=O) groups excluding carboxylic acids is 1. The lowest BCUT2D eigenvalue weighted by Gasteiger charge is -2.24. The average molecular weight is 438 g/mol. The Kier molecular flexibility index (Phi) is 5.30. The molecule has 31 heavy (non-hydrogen) atoms. The molecule has 2 fully saturated rings. The van der Waals surface area contributed by atoms with E-state index in [-0.39, 0.29) is 17.6 Å². The maximum absolute atomic E-state index is 13.8. The molecule has 0 bridgehead atoms. The van der Waals surface area contributed by atoms with Crippen molar-refractivity contribution in [3.63, 3.8) is 0 Å². The highest BCUT2D eigenvalue weighted by Gasteiger charge is 2.44. The van der Waals surface area contributed by atoms with Crippen molar-refractivity contribution < 1.29 is 9.18 Å². The molecule has 1 aliphatic heterocycles. The maximum atomic E-state index is 13.8. The van der Waals surface area contributed by atoms with Crippen molar-refractivity contribution in [2.24, 2.45) is 23.7 Å². The molecular formula is C25H25ClFN3O. The van der Waals surface area contributed by atoms with Crippen LogP contribution in [0.1, 0.15) is 19.8 Å². The zero-order valence-corrected chi connectivity index (χ0v) is 18.1. The number of nitrogens with zero attached hydrogens (tertiary/aromatic N) is 2. The maximum Gasteiger partial charge on any atom is 0.227 e. The molecule has 1 aliphatic carbocycles. The Hall–Kier alpha value is -2.66. The molecular weight excluding hydrogens is 413 g/mol. The number of nitrogens with one attached hydrogen (secondary N) is 1. The summed E-state index contributed by atoms with van der Waals surface area (Å²) in [6.07, 6.45) is 3.90. The van der Waals surface area contributed by atoms with Gasteiger partial charge in [0.05, 0.1) is 5.52 Å². The number of amides is 1. The van der Waals surface area contributed by atoms with Gasteiger partial charge < -0.3 is 10.2 Å². The van der Waals surface area contributed by atoms with Gasteiger partial charge in [0.25, 0.3) is 0 Å². The van der Waals surface area contributed by atoms with Crippen LogP contribution >= 0.6 is 11.6 Å². The Bertz CT molecular complexity index is 1110. The zero-order valence-electron chi connectivity index (χ0n) is 17.4. The number of aromatic nitrogens is 1. The fraction of sp³-hybridized carbons (Fsp3) is 0.360. The first-order valence-electron chi connectivity index (χ1n) is 10.8. The monoisotopic (exact) mass is 437 g/mol. The summed E-state index contributed by atoms with van der Waals surface area (Å²) in [5.74, 6) is 1.31. The summed E-state index contributed by atoms with van der Waals surface area (Å²) < 4.78 is 13.8. The SMILES string of the molecule is CC(C(=O)Nc1ccc(Cl)cc1)[C@H]1CC2CN(c3ccnc4ccc(F)cc34)C[C@H]2C1. The minimum Gasteiger partial charge on any atom is -0.370 e. The normalized spacial score (nSPS) is 23.7. The lowest BCUT2D eigenvalue weighted by molar-refractivity contribution is -0.120. The molecule has 4 atom stereocenters. The van der Waals surface area contributed by atoms with Crippen LogP contribution in [0.4, 0.5) is 15.8 Å². The van der Waals surface area contributed by atoms with Gasteiger partial charge in [0.1, 0.15) is 5.82 Å². The van der Waals surface area contributed by atoms with Crippen molar-refractivity contribution in [3.8, 4) is 0 Å². The van der Waals surface area contributed by atoms with Gasteiger partial charge in [-0.15, -0.1) is 0 Å². The van der Waals surface area contributed by atoms with E-state index in [4.69, 9.17) is 11.6 Å². The van der Waals surface area contributed by atoms with Crippen LogP contribution in [0.25, 0.3) is 10.9 Å². The second-order valence-corrected chi connectivity index (χ2v) is 9.37. The molecule has 6 heteroatoms. The second kappa shape index (κ2) is 8.12. The molecule has 160 valence electrons. The number of hydrogen-bond donors (Lipinski definition) is 1. The van der Waals surface area contributed by atoms with Gasteiger partial charge in [0.15, 0.2) is 0 Å². The van der Waals surface area contributed by atoms with Gasteiger partial charge in [-0.2, -0.15) is 0 Å². The molecule has 1 saturated carbocycles. The summed E-state index contributed by atoms with van der Waals surface area (Å²) in [7, 11) is 0. The quantitative estimate of drug-likeness (QED) is 0.564. The van der Waals surface area contributed by atoms with Crippen LogP contribution in [-0.4, -0.2) is 24.0 Å². The van der Waals surface area contributed by atoms with Crippen molar-refractivity contribution in [1.82, 2.24) is 4.98 Å². The van der Waals surface area contributed by atoms with Gasteiger partial charge >= 0.3 is 0 Å². The van der Waals surface area contributed by atoms with Gasteiger partial charge in [-0.3, -0.25) is 9.78 Å². The Morgan fingerprint density at radius 2 is 1.84 bits per heavy atom. The first-order valence-corrected chi connectivity index (χ1v) is 11.2. The predicted octanol–water partition coefficient (Wildman–Crippen LogP) is 5.76. The van der Waals surface area contributed by atoms with Crippen LogP contribution in [-0.2, 0) is 4.79 Å². The number of benzene rings is 2. The number of fused-ring (bicyclic) bond motifs is 2. The molecule has 2 aromatic carbocycles. The lowest BCUT2D eigenvalue weighted by atomic mass is 9.90. The zero-order chi connectivity index (χ0) is 21.5. The molecule has 2 aliphatic rings. The number of anilines is 2. The summed E-state index contributed by atoms with van der Waals surface area (Å²) in [6, 6.07) is 14.0. The third-order valence-corrected chi connectivity index (χ3v) is 7.29. The molecule has 1 saturated heterocycles. The van der Waals surface area contributed by atoms with E-state index >= 15 is 0 Å². The Morgan fingerprint density at radius 1 is 1.13 bits per heavy atom. The molecule has 0 spiro atoms. The fourth-order valence-electron chi connectivity index (χ4n) is 5.33. The van der Waals surface area contributed by atoms with E-state index in [1.165, 1.54) is 6.07 Å². The summed E-state index contributed by atoms with van der Waals surface area (Å²) in [6.45, 7) is 3.93. The highest BCUT2D eigenvalue weighted by atomic mass is 35.5. The molecule has 5 rings (SSSR count). The van der Waals surface area contributed by atoms with Crippen LogP contribution in [0.15, 0.2) is 54.7 Å². The summed E-state index contributed by atoms with van der Waals surface area (Å²) >= 11 is 5.93. The Labute approximate surface area is 186 Å². The Morgan fingerprint density at radius 3 is 2.55 bits per heavy atom. The van der Waals surface area contributed by atoms with E-state index in [0.717, 1.165) is 48.2 Å². The van der Waals surface area contributed by atoms with E-state index in [0.29, 0.717) is 22.8 Å². The molecule has 1 N–H and O–H groups in total. The average Bonchev–Trinajstić information content (AvgIpc) is 3.33. The first kappa shape index (κ1) is 20.3. The summed E-state index contributed by atoms with van der Waals surface area (Å²) in [4.78, 5) is 19.5. The molecule has 1 aromatic heterocycles. The molecule has 2 heterocycles. The van der Waals surface area contributed by atoms with Crippen LogP contribution in [0.5, 0.6) is 0 Å².